The lowest BCUT2D eigenvalue weighted by molar-refractivity contribution is -0.143. The van der Waals surface area contributed by atoms with Crippen molar-refractivity contribution in [2.75, 3.05) is 7.11 Å². The molecule has 0 heterocycles. The highest BCUT2D eigenvalue weighted by Crippen LogP contribution is 2.66. The lowest BCUT2D eigenvalue weighted by Gasteiger charge is -2.28. The molecular formula is C12H18O2. The molecule has 3 aliphatic rings. The summed E-state index contributed by atoms with van der Waals surface area (Å²) < 4.78 is 4.85. The molecule has 3 saturated carbocycles. The van der Waals surface area contributed by atoms with Gasteiger partial charge in [-0.25, -0.2) is 0 Å². The summed E-state index contributed by atoms with van der Waals surface area (Å²) >= 11 is 0. The molecule has 78 valence electrons. The van der Waals surface area contributed by atoms with Gasteiger partial charge in [0.1, 0.15) is 0 Å². The standard InChI is InChI=1S/C12H18O2/c1-14-12(13)11-9-6-7-4-2-3-5-8(7)10(9)11/h7-11H,2-6H2,1H3/t7?,8?,9-,10+,11+/m1/s1. The van der Waals surface area contributed by atoms with Gasteiger partial charge in [0.25, 0.3) is 0 Å². The first kappa shape index (κ1) is 8.75. The summed E-state index contributed by atoms with van der Waals surface area (Å²) in [5, 5.41) is 0. The Bertz CT molecular complexity index is 261. The van der Waals surface area contributed by atoms with Crippen LogP contribution < -0.4 is 0 Å². The maximum atomic E-state index is 11.4. The zero-order valence-electron chi connectivity index (χ0n) is 8.74. The fourth-order valence-electron chi connectivity index (χ4n) is 4.14. The Labute approximate surface area is 85.0 Å². The molecule has 0 aliphatic heterocycles. The van der Waals surface area contributed by atoms with Gasteiger partial charge >= 0.3 is 5.97 Å². The maximum Gasteiger partial charge on any atom is 0.309 e. The van der Waals surface area contributed by atoms with Crippen molar-refractivity contribution in [2.24, 2.45) is 29.6 Å². The summed E-state index contributed by atoms with van der Waals surface area (Å²) in [5.41, 5.74) is 0. The van der Waals surface area contributed by atoms with Crippen molar-refractivity contribution in [3.63, 3.8) is 0 Å². The van der Waals surface area contributed by atoms with Crippen LogP contribution in [0, 0.1) is 29.6 Å². The third-order valence-electron chi connectivity index (χ3n) is 4.74. The van der Waals surface area contributed by atoms with Crippen molar-refractivity contribution in [1.29, 1.82) is 0 Å². The number of esters is 1. The number of carbonyl (C=O) groups is 1. The number of hydrogen-bond acceptors (Lipinski definition) is 2. The zero-order chi connectivity index (χ0) is 9.71. The molecule has 0 bridgehead atoms. The van der Waals surface area contributed by atoms with Gasteiger partial charge in [-0.1, -0.05) is 19.3 Å². The second kappa shape index (κ2) is 2.98. The van der Waals surface area contributed by atoms with E-state index >= 15 is 0 Å². The molecule has 0 spiro atoms. The van der Waals surface area contributed by atoms with Crippen molar-refractivity contribution < 1.29 is 9.53 Å². The molecule has 5 atom stereocenters. The van der Waals surface area contributed by atoms with Crippen LogP contribution in [0.3, 0.4) is 0 Å². The molecule has 0 amide bonds. The molecule has 3 rings (SSSR count). The molecule has 2 heteroatoms. The first-order valence-electron chi connectivity index (χ1n) is 5.90. The molecule has 0 N–H and O–H groups in total. The van der Waals surface area contributed by atoms with Crippen LogP contribution in [-0.4, -0.2) is 13.1 Å². The topological polar surface area (TPSA) is 26.3 Å². The maximum absolute atomic E-state index is 11.4. The van der Waals surface area contributed by atoms with Gasteiger partial charge in [-0.3, -0.25) is 4.79 Å². The third-order valence-corrected chi connectivity index (χ3v) is 4.74. The first-order valence-corrected chi connectivity index (χ1v) is 5.90. The van der Waals surface area contributed by atoms with E-state index in [2.05, 4.69) is 0 Å². The van der Waals surface area contributed by atoms with Crippen LogP contribution in [0.5, 0.6) is 0 Å². The zero-order valence-corrected chi connectivity index (χ0v) is 8.74. The third kappa shape index (κ3) is 1.06. The average Bonchev–Trinajstić information content (AvgIpc) is 2.81. The van der Waals surface area contributed by atoms with Crippen molar-refractivity contribution in [1.82, 2.24) is 0 Å². The van der Waals surface area contributed by atoms with E-state index in [1.807, 2.05) is 0 Å². The van der Waals surface area contributed by atoms with Crippen molar-refractivity contribution in [3.8, 4) is 0 Å². The Morgan fingerprint density at radius 3 is 2.79 bits per heavy atom. The number of methoxy groups -OCH3 is 1. The number of fused-ring (bicyclic) bond motifs is 3. The molecule has 3 aliphatic carbocycles. The summed E-state index contributed by atoms with van der Waals surface area (Å²) in [5.74, 6) is 3.60. The van der Waals surface area contributed by atoms with Gasteiger partial charge in [0.15, 0.2) is 0 Å². The van der Waals surface area contributed by atoms with Gasteiger partial charge in [0.05, 0.1) is 13.0 Å². The molecule has 0 aromatic carbocycles. The van der Waals surface area contributed by atoms with E-state index in [9.17, 15) is 4.79 Å². The summed E-state index contributed by atoms with van der Waals surface area (Å²) in [6, 6.07) is 0. The largest absolute Gasteiger partial charge is 0.469 e. The van der Waals surface area contributed by atoms with Crippen LogP contribution >= 0.6 is 0 Å². The van der Waals surface area contributed by atoms with Crippen LogP contribution in [-0.2, 0) is 9.53 Å². The second-order valence-corrected chi connectivity index (χ2v) is 5.23. The van der Waals surface area contributed by atoms with Crippen LogP contribution in [0.4, 0.5) is 0 Å². The molecule has 3 fully saturated rings. The highest BCUT2D eigenvalue weighted by molar-refractivity contribution is 5.76. The fraction of sp³-hybridized carbons (Fsp3) is 0.917. The molecule has 2 nitrogen and oxygen atoms in total. The van der Waals surface area contributed by atoms with Gasteiger partial charge in [0, 0.05) is 0 Å². The molecule has 0 saturated heterocycles. The summed E-state index contributed by atoms with van der Waals surface area (Å²) in [6.45, 7) is 0. The van der Waals surface area contributed by atoms with Crippen LogP contribution in [0.15, 0.2) is 0 Å². The van der Waals surface area contributed by atoms with E-state index in [0.29, 0.717) is 17.8 Å². The lowest BCUT2D eigenvalue weighted by Crippen LogP contribution is -2.21. The number of carbonyl (C=O) groups excluding carboxylic acids is 1. The predicted octanol–water partition coefficient (Wildman–Crippen LogP) is 2.23. The summed E-state index contributed by atoms with van der Waals surface area (Å²) in [7, 11) is 1.52. The van der Waals surface area contributed by atoms with E-state index < -0.39 is 0 Å². The Balaban J connectivity index is 1.70. The summed E-state index contributed by atoms with van der Waals surface area (Å²) in [6.07, 6.45) is 6.92. The number of rotatable bonds is 1. The minimum absolute atomic E-state index is 0.0593. The normalized spacial score (nSPS) is 49.4. The molecule has 14 heavy (non-hydrogen) atoms. The Hall–Kier alpha value is -0.530. The Morgan fingerprint density at radius 2 is 2.00 bits per heavy atom. The van der Waals surface area contributed by atoms with E-state index in [1.54, 1.807) is 0 Å². The molecular weight excluding hydrogens is 176 g/mol. The minimum atomic E-state index is 0.0593. The molecule has 0 aromatic rings. The quantitative estimate of drug-likeness (QED) is 0.598. The number of hydrogen-bond donors (Lipinski definition) is 0. The lowest BCUT2D eigenvalue weighted by atomic mass is 9.77. The molecule has 0 radical (unpaired) electrons. The van der Waals surface area contributed by atoms with Crippen molar-refractivity contribution in [3.05, 3.63) is 0 Å². The molecule has 2 unspecified atom stereocenters. The van der Waals surface area contributed by atoms with E-state index in [-0.39, 0.29) is 5.97 Å². The Kier molecular flexibility index (Phi) is 1.86. The minimum Gasteiger partial charge on any atom is -0.469 e. The van der Waals surface area contributed by atoms with Crippen molar-refractivity contribution >= 4 is 5.97 Å². The van der Waals surface area contributed by atoms with E-state index in [4.69, 9.17) is 4.74 Å². The van der Waals surface area contributed by atoms with Gasteiger partial charge in [-0.15, -0.1) is 0 Å². The highest BCUT2D eigenvalue weighted by Gasteiger charge is 2.64. The predicted molar refractivity (Wildman–Crippen MR) is 52.6 cm³/mol. The van der Waals surface area contributed by atoms with Crippen molar-refractivity contribution in [2.45, 2.75) is 32.1 Å². The fourth-order valence-corrected chi connectivity index (χ4v) is 4.14. The van der Waals surface area contributed by atoms with Gasteiger partial charge < -0.3 is 4.74 Å². The molecule has 0 aromatic heterocycles. The van der Waals surface area contributed by atoms with Crippen LogP contribution in [0.25, 0.3) is 0 Å². The average molecular weight is 194 g/mol. The van der Waals surface area contributed by atoms with E-state index in [0.717, 1.165) is 11.8 Å². The van der Waals surface area contributed by atoms with Crippen LogP contribution in [0.2, 0.25) is 0 Å². The first-order chi connectivity index (χ1) is 6.83. The SMILES string of the molecule is COC(=O)[C@H]1[C@@H]2CC3CCCCC3[C@@H]21. The van der Waals surface area contributed by atoms with Gasteiger partial charge in [0.2, 0.25) is 0 Å². The second-order valence-electron chi connectivity index (χ2n) is 5.23. The Morgan fingerprint density at radius 1 is 1.21 bits per heavy atom. The highest BCUT2D eigenvalue weighted by atomic mass is 16.5. The smallest absolute Gasteiger partial charge is 0.309 e. The van der Waals surface area contributed by atoms with Gasteiger partial charge in [-0.2, -0.15) is 0 Å². The van der Waals surface area contributed by atoms with Crippen LogP contribution in [0.1, 0.15) is 32.1 Å². The summed E-state index contributed by atoms with van der Waals surface area (Å²) in [4.78, 5) is 11.4. The monoisotopic (exact) mass is 194 g/mol. The van der Waals surface area contributed by atoms with E-state index in [1.165, 1.54) is 39.2 Å². The number of ether oxygens (including phenoxy) is 1. The van der Waals surface area contributed by atoms with Gasteiger partial charge in [-0.05, 0) is 36.5 Å².